The van der Waals surface area contributed by atoms with Crippen molar-refractivity contribution in [3.63, 3.8) is 0 Å². The second kappa shape index (κ2) is 7.17. The third kappa shape index (κ3) is 3.34. The third-order valence-corrected chi connectivity index (χ3v) is 3.01. The first-order valence-corrected chi connectivity index (χ1v) is 7.14. The predicted octanol–water partition coefficient (Wildman–Crippen LogP) is 2.96. The standard InChI is InChI=1S/C14H10N4O3.C2H6/c19-14-16(11-6-8-13(9-7-11)18(20)21)10-15-17(14)12-4-2-1-3-5-12;1-2/h1-10H;1-2H3. The summed E-state index contributed by atoms with van der Waals surface area (Å²) in [4.78, 5) is 22.5. The molecular weight excluding hydrogens is 296 g/mol. The highest BCUT2D eigenvalue weighted by molar-refractivity contribution is 5.41. The summed E-state index contributed by atoms with van der Waals surface area (Å²) in [5.74, 6) is 0. The van der Waals surface area contributed by atoms with Gasteiger partial charge in [-0.25, -0.2) is 9.36 Å². The van der Waals surface area contributed by atoms with Crippen LogP contribution in [0.5, 0.6) is 0 Å². The predicted molar refractivity (Wildman–Crippen MR) is 87.2 cm³/mol. The number of rotatable bonds is 3. The topological polar surface area (TPSA) is 83.0 Å². The highest BCUT2D eigenvalue weighted by atomic mass is 16.6. The number of nitro groups is 1. The first kappa shape index (κ1) is 16.2. The Labute approximate surface area is 132 Å². The molecular formula is C16H16N4O3. The second-order valence-corrected chi connectivity index (χ2v) is 4.30. The van der Waals surface area contributed by atoms with Crippen molar-refractivity contribution in [2.24, 2.45) is 0 Å². The Kier molecular flexibility index (Phi) is 5.03. The fourth-order valence-electron chi connectivity index (χ4n) is 1.96. The Morgan fingerprint density at radius 1 is 0.957 bits per heavy atom. The lowest BCUT2D eigenvalue weighted by Crippen LogP contribution is -2.22. The van der Waals surface area contributed by atoms with Crippen LogP contribution in [-0.2, 0) is 0 Å². The summed E-state index contributed by atoms with van der Waals surface area (Å²) in [6, 6.07) is 14.7. The monoisotopic (exact) mass is 312 g/mol. The van der Waals surface area contributed by atoms with Crippen LogP contribution in [-0.4, -0.2) is 19.3 Å². The zero-order valence-electron chi connectivity index (χ0n) is 12.8. The Hall–Kier alpha value is -3.22. The van der Waals surface area contributed by atoms with Gasteiger partial charge in [0.1, 0.15) is 6.33 Å². The molecule has 0 fully saturated rings. The molecule has 0 aliphatic carbocycles. The Bertz CT molecular complexity index is 836. The number of para-hydroxylation sites is 1. The van der Waals surface area contributed by atoms with Crippen LogP contribution in [0.2, 0.25) is 0 Å². The van der Waals surface area contributed by atoms with Gasteiger partial charge in [-0.3, -0.25) is 10.1 Å². The van der Waals surface area contributed by atoms with E-state index in [2.05, 4.69) is 5.10 Å². The molecule has 0 atom stereocenters. The van der Waals surface area contributed by atoms with Crippen LogP contribution >= 0.6 is 0 Å². The Morgan fingerprint density at radius 2 is 1.57 bits per heavy atom. The van der Waals surface area contributed by atoms with Crippen molar-refractivity contribution in [2.45, 2.75) is 13.8 Å². The quantitative estimate of drug-likeness (QED) is 0.550. The van der Waals surface area contributed by atoms with Crippen LogP contribution in [0.1, 0.15) is 13.8 Å². The van der Waals surface area contributed by atoms with Gasteiger partial charge in [0.15, 0.2) is 0 Å². The van der Waals surface area contributed by atoms with E-state index in [9.17, 15) is 14.9 Å². The molecule has 0 aliphatic heterocycles. The van der Waals surface area contributed by atoms with E-state index < -0.39 is 4.92 Å². The summed E-state index contributed by atoms with van der Waals surface area (Å²) < 4.78 is 2.60. The number of benzene rings is 2. The van der Waals surface area contributed by atoms with E-state index in [0.29, 0.717) is 11.4 Å². The van der Waals surface area contributed by atoms with Crippen molar-refractivity contribution < 1.29 is 4.92 Å². The van der Waals surface area contributed by atoms with Gasteiger partial charge in [-0.1, -0.05) is 32.0 Å². The normalized spacial score (nSPS) is 9.83. The molecule has 0 radical (unpaired) electrons. The zero-order chi connectivity index (χ0) is 16.8. The van der Waals surface area contributed by atoms with E-state index in [1.165, 1.54) is 39.8 Å². The summed E-state index contributed by atoms with van der Waals surface area (Å²) in [5.41, 5.74) is 0.813. The van der Waals surface area contributed by atoms with Crippen molar-refractivity contribution in [3.05, 3.63) is 81.5 Å². The van der Waals surface area contributed by atoms with E-state index in [4.69, 9.17) is 0 Å². The van der Waals surface area contributed by atoms with E-state index in [-0.39, 0.29) is 11.4 Å². The van der Waals surface area contributed by atoms with Gasteiger partial charge in [-0.15, -0.1) is 0 Å². The molecule has 0 aliphatic rings. The second-order valence-electron chi connectivity index (χ2n) is 4.30. The maximum absolute atomic E-state index is 12.3. The third-order valence-electron chi connectivity index (χ3n) is 3.01. The van der Waals surface area contributed by atoms with Gasteiger partial charge in [0.25, 0.3) is 5.69 Å². The molecule has 0 unspecified atom stereocenters. The highest BCUT2D eigenvalue weighted by Gasteiger charge is 2.10. The van der Waals surface area contributed by atoms with Crippen LogP contribution in [0.4, 0.5) is 5.69 Å². The Balaban J connectivity index is 0.000000924. The molecule has 7 nitrogen and oxygen atoms in total. The van der Waals surface area contributed by atoms with E-state index in [1.54, 1.807) is 12.1 Å². The van der Waals surface area contributed by atoms with E-state index in [0.717, 1.165) is 0 Å². The summed E-state index contributed by atoms with van der Waals surface area (Å²) in [7, 11) is 0. The maximum atomic E-state index is 12.3. The van der Waals surface area contributed by atoms with Gasteiger partial charge in [0.2, 0.25) is 0 Å². The first-order chi connectivity index (χ1) is 11.2. The molecule has 3 rings (SSSR count). The fraction of sp³-hybridized carbons (Fsp3) is 0.125. The number of hydrogen-bond donors (Lipinski definition) is 0. The lowest BCUT2D eigenvalue weighted by atomic mass is 10.3. The Morgan fingerprint density at radius 3 is 2.13 bits per heavy atom. The molecule has 0 spiro atoms. The SMILES string of the molecule is CC.O=c1n(-c2ccc([N+](=O)[O-])cc2)cnn1-c1ccccc1. The molecule has 0 amide bonds. The molecule has 0 saturated carbocycles. The minimum Gasteiger partial charge on any atom is -0.258 e. The van der Waals surface area contributed by atoms with Crippen molar-refractivity contribution in [1.82, 2.24) is 14.3 Å². The molecule has 23 heavy (non-hydrogen) atoms. The van der Waals surface area contributed by atoms with Gasteiger partial charge in [0, 0.05) is 12.1 Å². The van der Waals surface area contributed by atoms with Crippen molar-refractivity contribution in [1.29, 1.82) is 0 Å². The van der Waals surface area contributed by atoms with Crippen molar-refractivity contribution in [2.75, 3.05) is 0 Å². The average Bonchev–Trinajstić information content (AvgIpc) is 2.99. The molecule has 2 aromatic carbocycles. The highest BCUT2D eigenvalue weighted by Crippen LogP contribution is 2.14. The van der Waals surface area contributed by atoms with Gasteiger partial charge in [-0.2, -0.15) is 9.78 Å². The van der Waals surface area contributed by atoms with Crippen LogP contribution in [0, 0.1) is 10.1 Å². The van der Waals surface area contributed by atoms with Gasteiger partial charge in [-0.05, 0) is 24.3 Å². The van der Waals surface area contributed by atoms with Crippen LogP contribution in [0.3, 0.4) is 0 Å². The largest absolute Gasteiger partial charge is 0.355 e. The smallest absolute Gasteiger partial charge is 0.258 e. The first-order valence-electron chi connectivity index (χ1n) is 7.14. The molecule has 1 heterocycles. The average molecular weight is 312 g/mol. The number of aromatic nitrogens is 3. The molecule has 118 valence electrons. The molecule has 0 bridgehead atoms. The van der Waals surface area contributed by atoms with Crippen LogP contribution in [0.15, 0.2) is 65.7 Å². The lowest BCUT2D eigenvalue weighted by Gasteiger charge is -2.00. The van der Waals surface area contributed by atoms with Gasteiger partial charge < -0.3 is 0 Å². The van der Waals surface area contributed by atoms with E-state index >= 15 is 0 Å². The molecule has 3 aromatic rings. The number of nitro benzene ring substituents is 1. The van der Waals surface area contributed by atoms with Crippen molar-refractivity contribution >= 4 is 5.69 Å². The summed E-state index contributed by atoms with van der Waals surface area (Å²) in [6.45, 7) is 4.00. The summed E-state index contributed by atoms with van der Waals surface area (Å²) in [5, 5.41) is 14.7. The lowest BCUT2D eigenvalue weighted by molar-refractivity contribution is -0.384. The maximum Gasteiger partial charge on any atom is 0.355 e. The van der Waals surface area contributed by atoms with Gasteiger partial charge >= 0.3 is 5.69 Å². The van der Waals surface area contributed by atoms with E-state index in [1.807, 2.05) is 32.0 Å². The minimum absolute atomic E-state index is 0.0257. The summed E-state index contributed by atoms with van der Waals surface area (Å²) >= 11 is 0. The molecule has 1 aromatic heterocycles. The van der Waals surface area contributed by atoms with Gasteiger partial charge in [0.05, 0.1) is 16.3 Å². The van der Waals surface area contributed by atoms with Crippen LogP contribution in [0.25, 0.3) is 11.4 Å². The number of hydrogen-bond acceptors (Lipinski definition) is 4. The molecule has 7 heteroatoms. The fourth-order valence-corrected chi connectivity index (χ4v) is 1.96. The minimum atomic E-state index is -0.486. The summed E-state index contributed by atoms with van der Waals surface area (Å²) in [6.07, 6.45) is 1.39. The number of non-ortho nitro benzene ring substituents is 1. The number of nitrogens with zero attached hydrogens (tertiary/aromatic N) is 4. The molecule has 0 N–H and O–H groups in total. The zero-order valence-corrected chi connectivity index (χ0v) is 12.8. The van der Waals surface area contributed by atoms with Crippen molar-refractivity contribution in [3.8, 4) is 11.4 Å². The molecule has 0 saturated heterocycles. The van der Waals surface area contributed by atoms with Crippen LogP contribution < -0.4 is 5.69 Å².